The highest BCUT2D eigenvalue weighted by molar-refractivity contribution is 4.97. The lowest BCUT2D eigenvalue weighted by Gasteiger charge is -1.97. The third kappa shape index (κ3) is 5.32. The summed E-state index contributed by atoms with van der Waals surface area (Å²) in [6.07, 6.45) is 0. The molecule has 2 N–H and O–H groups in total. The van der Waals surface area contributed by atoms with Crippen LogP contribution in [0.15, 0.2) is 0 Å². The van der Waals surface area contributed by atoms with Crippen molar-refractivity contribution in [1.82, 2.24) is 5.32 Å². The maximum Gasteiger partial charge on any atom is 0.106 e. The van der Waals surface area contributed by atoms with Gasteiger partial charge in [-0.3, -0.25) is 0 Å². The number of aliphatic hydroxyl groups is 1. The molecule has 1 unspecified atom stereocenters. The smallest absolute Gasteiger partial charge is 0.106 e. The molecule has 8 heavy (non-hydrogen) atoms. The monoisotopic (exact) mass is 112 g/mol. The largest absolute Gasteiger partial charge is 0.384 e. The molecule has 2 nitrogen and oxygen atoms in total. The number of hydrogen-bond acceptors (Lipinski definition) is 2. The number of rotatable bonds is 1. The first-order chi connectivity index (χ1) is 3.77. The molecule has 0 heterocycles. The van der Waals surface area contributed by atoms with E-state index >= 15 is 0 Å². The fourth-order valence-electron chi connectivity index (χ4n) is 0.214. The molecule has 0 aliphatic rings. The van der Waals surface area contributed by atoms with Gasteiger partial charge in [-0.25, -0.2) is 0 Å². The van der Waals surface area contributed by atoms with Crippen molar-refractivity contribution in [3.8, 4) is 12.0 Å². The Kier molecular flexibility index (Phi) is 4.10. The summed E-state index contributed by atoms with van der Waals surface area (Å²) in [5.41, 5.74) is 0. The Labute approximate surface area is 49.9 Å². The number of hydrogen-bond donors (Lipinski definition) is 2. The highest BCUT2D eigenvalue weighted by Crippen LogP contribution is 1.68. The van der Waals surface area contributed by atoms with Gasteiger partial charge in [0.1, 0.15) is 6.61 Å². The molecule has 0 aromatic rings. The summed E-state index contributed by atoms with van der Waals surface area (Å²) in [5, 5.41) is 10.9. The van der Waals surface area contributed by atoms with Crippen molar-refractivity contribution in [2.45, 2.75) is 13.0 Å². The molecule has 0 rings (SSSR count). The molecule has 1 radical (unpaired) electrons. The standard InChI is InChI=1S/C6H10NO/c1-6(2)7-4-3-5-8/h6-8H,1,5H2,2H3. The van der Waals surface area contributed by atoms with Gasteiger partial charge in [0, 0.05) is 12.1 Å². The zero-order valence-electron chi connectivity index (χ0n) is 4.94. The lowest BCUT2D eigenvalue weighted by molar-refractivity contribution is 0.350. The molecule has 0 aromatic carbocycles. The van der Waals surface area contributed by atoms with Crippen molar-refractivity contribution < 1.29 is 5.11 Å². The minimum absolute atomic E-state index is 0.0975. The molecule has 0 spiro atoms. The van der Waals surface area contributed by atoms with Gasteiger partial charge >= 0.3 is 0 Å². The summed E-state index contributed by atoms with van der Waals surface area (Å²) < 4.78 is 0. The van der Waals surface area contributed by atoms with Crippen molar-refractivity contribution in [3.05, 3.63) is 6.92 Å². The van der Waals surface area contributed by atoms with Gasteiger partial charge in [-0.1, -0.05) is 5.92 Å². The van der Waals surface area contributed by atoms with Crippen LogP contribution in [0.5, 0.6) is 0 Å². The van der Waals surface area contributed by atoms with E-state index in [2.05, 4.69) is 24.2 Å². The second kappa shape index (κ2) is 4.48. The summed E-state index contributed by atoms with van der Waals surface area (Å²) in [6, 6.07) is 2.64. The summed E-state index contributed by atoms with van der Waals surface area (Å²) >= 11 is 0. The Hall–Kier alpha value is -0.680. The first-order valence-corrected chi connectivity index (χ1v) is 2.44. The van der Waals surface area contributed by atoms with Crippen molar-refractivity contribution in [3.63, 3.8) is 0 Å². The lowest BCUT2D eigenvalue weighted by atomic mass is 10.4. The summed E-state index contributed by atoms with van der Waals surface area (Å²) in [6.45, 7) is 5.40. The highest BCUT2D eigenvalue weighted by Gasteiger charge is 1.80. The van der Waals surface area contributed by atoms with E-state index in [0.29, 0.717) is 0 Å². The summed E-state index contributed by atoms with van der Waals surface area (Å²) in [5.74, 6) is 2.43. The van der Waals surface area contributed by atoms with Crippen molar-refractivity contribution in [2.24, 2.45) is 0 Å². The molecular weight excluding hydrogens is 102 g/mol. The molecule has 0 aromatic heterocycles. The van der Waals surface area contributed by atoms with Crippen LogP contribution in [0.25, 0.3) is 0 Å². The Bertz CT molecular complexity index is 98.8. The molecule has 0 saturated carbocycles. The van der Waals surface area contributed by atoms with Gasteiger partial charge in [0.25, 0.3) is 0 Å². The fraction of sp³-hybridized carbons (Fsp3) is 0.500. The molecule has 0 amide bonds. The van der Waals surface area contributed by atoms with Crippen molar-refractivity contribution in [2.75, 3.05) is 6.61 Å². The van der Waals surface area contributed by atoms with Gasteiger partial charge < -0.3 is 10.4 Å². The topological polar surface area (TPSA) is 32.3 Å². The minimum atomic E-state index is -0.0975. The zero-order chi connectivity index (χ0) is 6.41. The van der Waals surface area contributed by atoms with Gasteiger partial charge in [0.2, 0.25) is 0 Å². The average Bonchev–Trinajstić information content (AvgIpc) is 1.66. The molecule has 2 heteroatoms. The maximum absolute atomic E-state index is 8.15. The van der Waals surface area contributed by atoms with Crippen LogP contribution < -0.4 is 5.32 Å². The molecule has 1 atom stereocenters. The Morgan fingerprint density at radius 2 is 2.50 bits per heavy atom. The van der Waals surface area contributed by atoms with E-state index in [0.717, 1.165) is 0 Å². The third-order valence-electron chi connectivity index (χ3n) is 0.486. The average molecular weight is 112 g/mol. The highest BCUT2D eigenvalue weighted by atomic mass is 16.2. The van der Waals surface area contributed by atoms with Crippen LogP contribution in [0.4, 0.5) is 0 Å². The van der Waals surface area contributed by atoms with E-state index in [1.165, 1.54) is 0 Å². The SMILES string of the molecule is [CH2]C(C)NC#CCO. The molecule has 0 saturated heterocycles. The van der Waals surface area contributed by atoms with Gasteiger partial charge in [-0.2, -0.15) is 0 Å². The van der Waals surface area contributed by atoms with Crippen LogP contribution >= 0.6 is 0 Å². The van der Waals surface area contributed by atoms with Gasteiger partial charge in [-0.05, 0) is 13.8 Å². The van der Waals surface area contributed by atoms with Crippen LogP contribution in [0.2, 0.25) is 0 Å². The second-order valence-corrected chi connectivity index (χ2v) is 1.51. The second-order valence-electron chi connectivity index (χ2n) is 1.51. The molecular formula is C6H10NO. The minimum Gasteiger partial charge on any atom is -0.384 e. The van der Waals surface area contributed by atoms with Crippen molar-refractivity contribution >= 4 is 0 Å². The first kappa shape index (κ1) is 7.32. The summed E-state index contributed by atoms with van der Waals surface area (Å²) in [4.78, 5) is 0. The van der Waals surface area contributed by atoms with E-state index in [4.69, 9.17) is 5.11 Å². The van der Waals surface area contributed by atoms with Crippen molar-refractivity contribution in [1.29, 1.82) is 0 Å². The summed E-state index contributed by atoms with van der Waals surface area (Å²) in [7, 11) is 0. The van der Waals surface area contributed by atoms with Gasteiger partial charge in [0.15, 0.2) is 0 Å². The third-order valence-corrected chi connectivity index (χ3v) is 0.486. The molecule has 0 aliphatic heterocycles. The predicted octanol–water partition coefficient (Wildman–Crippen LogP) is -0.248. The van der Waals surface area contributed by atoms with E-state index < -0.39 is 0 Å². The predicted molar refractivity (Wildman–Crippen MR) is 32.8 cm³/mol. The van der Waals surface area contributed by atoms with E-state index in [1.54, 1.807) is 0 Å². The quantitative estimate of drug-likeness (QED) is 0.362. The number of nitrogens with one attached hydrogen (secondary N) is 1. The normalized spacial score (nSPS) is 8.00. The van der Waals surface area contributed by atoms with Gasteiger partial charge in [0.05, 0.1) is 0 Å². The Morgan fingerprint density at radius 1 is 1.88 bits per heavy atom. The van der Waals surface area contributed by atoms with Crippen LogP contribution in [-0.4, -0.2) is 17.8 Å². The van der Waals surface area contributed by atoms with E-state index in [-0.39, 0.29) is 12.6 Å². The number of aliphatic hydroxyl groups excluding tert-OH is 1. The Morgan fingerprint density at radius 3 is 2.88 bits per heavy atom. The van der Waals surface area contributed by atoms with E-state index in [9.17, 15) is 0 Å². The zero-order valence-corrected chi connectivity index (χ0v) is 4.94. The van der Waals surface area contributed by atoms with Gasteiger partial charge in [-0.15, -0.1) is 0 Å². The molecule has 0 fully saturated rings. The van der Waals surface area contributed by atoms with Crippen LogP contribution in [0.3, 0.4) is 0 Å². The fourth-order valence-corrected chi connectivity index (χ4v) is 0.214. The van der Waals surface area contributed by atoms with E-state index in [1.807, 2.05) is 6.92 Å². The lowest BCUT2D eigenvalue weighted by Crippen LogP contribution is -2.16. The molecule has 0 aliphatic carbocycles. The maximum atomic E-state index is 8.15. The Balaban J connectivity index is 3.15. The van der Waals surface area contributed by atoms with Crippen LogP contribution in [0, 0.1) is 18.9 Å². The molecule has 0 bridgehead atoms. The van der Waals surface area contributed by atoms with Crippen LogP contribution in [-0.2, 0) is 0 Å². The molecule has 45 valence electrons. The first-order valence-electron chi connectivity index (χ1n) is 2.44. The van der Waals surface area contributed by atoms with Crippen LogP contribution in [0.1, 0.15) is 6.92 Å².